The minimum Gasteiger partial charge on any atom is -0.450 e. The average Bonchev–Trinajstić information content (AvgIpc) is 2.61. The number of hydrogen-bond acceptors (Lipinski definition) is 5. The van der Waals surface area contributed by atoms with E-state index in [1.54, 1.807) is 12.1 Å². The summed E-state index contributed by atoms with van der Waals surface area (Å²) in [6.45, 7) is 5.85. The lowest BCUT2D eigenvalue weighted by atomic mass is 10.1. The molecule has 0 radical (unpaired) electrons. The Kier molecular flexibility index (Phi) is 6.98. The number of nitrogens with zero attached hydrogens (tertiary/aromatic N) is 2. The van der Waals surface area contributed by atoms with Crippen LogP contribution in [-0.4, -0.2) is 21.8 Å². The third-order valence-corrected chi connectivity index (χ3v) is 3.65. The van der Waals surface area contributed by atoms with Gasteiger partial charge in [0.2, 0.25) is 5.75 Å². The van der Waals surface area contributed by atoms with E-state index in [2.05, 4.69) is 15.8 Å². The predicted molar refractivity (Wildman–Crippen MR) is 111 cm³/mol. The van der Waals surface area contributed by atoms with Crippen LogP contribution in [0.5, 0.6) is 11.5 Å². The molecular weight excluding hydrogens is 421 g/mol. The first-order valence-corrected chi connectivity index (χ1v) is 9.01. The lowest BCUT2D eigenvalue weighted by Crippen LogP contribution is -2.44. The molecule has 0 amide bonds. The summed E-state index contributed by atoms with van der Waals surface area (Å²) in [4.78, 5) is 10.2. The largest absolute Gasteiger partial charge is 0.450 e. The number of benzene rings is 2. The van der Waals surface area contributed by atoms with Crippen molar-refractivity contribution < 1.29 is 22.8 Å². The lowest BCUT2D eigenvalue weighted by molar-refractivity contribution is -0.385. The first-order chi connectivity index (χ1) is 13.8. The first-order valence-electron chi connectivity index (χ1n) is 8.60. The van der Waals surface area contributed by atoms with Gasteiger partial charge >= 0.3 is 11.9 Å². The van der Waals surface area contributed by atoms with Crippen LogP contribution < -0.4 is 15.5 Å². The normalized spacial score (nSPS) is 11.9. The van der Waals surface area contributed by atoms with Crippen LogP contribution in [0.2, 0.25) is 0 Å². The van der Waals surface area contributed by atoms with Crippen molar-refractivity contribution in [2.75, 3.05) is 0 Å². The number of nitrogens with one attached hydrogen (secondary N) is 2. The lowest BCUT2D eigenvalue weighted by Gasteiger charge is -2.21. The summed E-state index contributed by atoms with van der Waals surface area (Å²) in [5.74, 6) is -0.0809. The molecule has 0 heterocycles. The van der Waals surface area contributed by atoms with Gasteiger partial charge in [0.15, 0.2) is 5.11 Å². The molecule has 0 saturated carbocycles. The van der Waals surface area contributed by atoms with E-state index < -0.39 is 22.4 Å². The number of nitro groups is 1. The second kappa shape index (κ2) is 9.08. The molecule has 2 aromatic carbocycles. The number of hydrazone groups is 1. The van der Waals surface area contributed by atoms with E-state index in [-0.39, 0.29) is 17.0 Å². The van der Waals surface area contributed by atoms with Crippen molar-refractivity contribution in [3.63, 3.8) is 0 Å². The van der Waals surface area contributed by atoms with Crippen LogP contribution in [0.25, 0.3) is 0 Å². The molecule has 0 spiro atoms. The zero-order valence-electron chi connectivity index (χ0n) is 16.3. The van der Waals surface area contributed by atoms with Crippen molar-refractivity contribution in [1.29, 1.82) is 0 Å². The highest BCUT2D eigenvalue weighted by Gasteiger charge is 2.33. The fraction of sp³-hybridized carbons (Fsp3) is 0.263. The molecule has 2 N–H and O–H groups in total. The Hall–Kier alpha value is -3.21. The van der Waals surface area contributed by atoms with Gasteiger partial charge in [0.25, 0.3) is 0 Å². The Morgan fingerprint density at radius 2 is 1.80 bits per heavy atom. The molecule has 0 bridgehead atoms. The van der Waals surface area contributed by atoms with E-state index in [0.717, 1.165) is 12.1 Å². The van der Waals surface area contributed by atoms with Crippen molar-refractivity contribution in [2.24, 2.45) is 5.10 Å². The topological polar surface area (TPSA) is 88.8 Å². The van der Waals surface area contributed by atoms with Gasteiger partial charge < -0.3 is 10.1 Å². The second-order valence-corrected chi connectivity index (χ2v) is 7.59. The smallest absolute Gasteiger partial charge is 0.416 e. The number of halogens is 3. The number of ether oxygens (including phenoxy) is 1. The van der Waals surface area contributed by atoms with Crippen LogP contribution in [-0.2, 0) is 6.18 Å². The third kappa shape index (κ3) is 6.99. The number of hydrogen-bond donors (Lipinski definition) is 2. The quantitative estimate of drug-likeness (QED) is 0.294. The summed E-state index contributed by atoms with van der Waals surface area (Å²) >= 11 is 5.10. The molecule has 0 aliphatic carbocycles. The van der Waals surface area contributed by atoms with Gasteiger partial charge in [-0.25, -0.2) is 0 Å². The van der Waals surface area contributed by atoms with E-state index >= 15 is 0 Å². The van der Waals surface area contributed by atoms with E-state index in [9.17, 15) is 23.3 Å². The molecule has 2 aromatic rings. The Balaban J connectivity index is 2.08. The van der Waals surface area contributed by atoms with Gasteiger partial charge in [-0.05, 0) is 75.0 Å². The van der Waals surface area contributed by atoms with E-state index in [0.29, 0.717) is 16.7 Å². The maximum Gasteiger partial charge on any atom is 0.416 e. The molecule has 0 saturated heterocycles. The fourth-order valence-corrected chi connectivity index (χ4v) is 2.56. The fourth-order valence-electron chi connectivity index (χ4n) is 2.21. The Morgan fingerprint density at radius 3 is 2.33 bits per heavy atom. The summed E-state index contributed by atoms with van der Waals surface area (Å²) in [6, 6.07) is 8.35. The number of rotatable bonds is 5. The average molecular weight is 440 g/mol. The minimum absolute atomic E-state index is 0.209. The molecule has 30 heavy (non-hydrogen) atoms. The molecule has 11 heteroatoms. The van der Waals surface area contributed by atoms with Crippen LogP contribution in [0.3, 0.4) is 0 Å². The molecule has 160 valence electrons. The number of nitro benzene ring substituents is 1. The number of alkyl halides is 3. The number of thiocarbonyl (C=S) groups is 1. The molecule has 0 fully saturated rings. The second-order valence-electron chi connectivity index (χ2n) is 7.18. The van der Waals surface area contributed by atoms with Crippen molar-refractivity contribution in [3.05, 3.63) is 63.7 Å². The molecule has 0 unspecified atom stereocenters. The molecule has 0 aliphatic heterocycles. The van der Waals surface area contributed by atoms with Crippen LogP contribution in [0.1, 0.15) is 31.9 Å². The van der Waals surface area contributed by atoms with Gasteiger partial charge in [0, 0.05) is 11.6 Å². The van der Waals surface area contributed by atoms with Crippen LogP contribution in [0.4, 0.5) is 18.9 Å². The minimum atomic E-state index is -4.69. The van der Waals surface area contributed by atoms with Crippen LogP contribution in [0, 0.1) is 10.1 Å². The van der Waals surface area contributed by atoms with Gasteiger partial charge in [-0.3, -0.25) is 15.5 Å². The molecule has 7 nitrogen and oxygen atoms in total. The van der Waals surface area contributed by atoms with Crippen LogP contribution in [0.15, 0.2) is 47.6 Å². The highest BCUT2D eigenvalue weighted by molar-refractivity contribution is 7.80. The van der Waals surface area contributed by atoms with Gasteiger partial charge in [-0.1, -0.05) is 0 Å². The summed E-state index contributed by atoms with van der Waals surface area (Å²) in [5, 5.41) is 18.5. The molecule has 0 aliphatic rings. The predicted octanol–water partition coefficient (Wildman–Crippen LogP) is 5.00. The SMILES string of the molecule is CC(C)(C)NC(=S)N/N=C/c1ccc(Oc2ccc(C(F)(F)F)cc2[N+](=O)[O-])cc1. The Bertz CT molecular complexity index is 955. The zero-order chi connectivity index (χ0) is 22.5. The molecule has 0 aromatic heterocycles. The van der Waals surface area contributed by atoms with Gasteiger partial charge in [-0.2, -0.15) is 18.3 Å². The standard InChI is InChI=1S/C19H19F3N4O3S/c1-18(2,3)24-17(30)25-23-11-12-4-7-14(8-5-12)29-16-9-6-13(19(20,21)22)10-15(16)26(27)28/h4-11H,1-3H3,(H2,24,25,30)/b23-11+. The molecule has 2 rings (SSSR count). The molecule has 0 atom stereocenters. The highest BCUT2D eigenvalue weighted by atomic mass is 32.1. The summed E-state index contributed by atoms with van der Waals surface area (Å²) in [5.41, 5.74) is 1.23. The molecular formula is C19H19F3N4O3S. The van der Waals surface area contributed by atoms with E-state index in [4.69, 9.17) is 17.0 Å². The summed E-state index contributed by atoms with van der Waals surface area (Å²) in [6.07, 6.45) is -3.19. The summed E-state index contributed by atoms with van der Waals surface area (Å²) < 4.78 is 43.7. The van der Waals surface area contributed by atoms with Gasteiger partial charge in [0.1, 0.15) is 5.75 Å². The third-order valence-electron chi connectivity index (χ3n) is 3.46. The van der Waals surface area contributed by atoms with Gasteiger partial charge in [0.05, 0.1) is 16.7 Å². The zero-order valence-corrected chi connectivity index (χ0v) is 17.1. The Morgan fingerprint density at radius 1 is 1.17 bits per heavy atom. The van der Waals surface area contributed by atoms with Crippen molar-refractivity contribution >= 4 is 29.2 Å². The van der Waals surface area contributed by atoms with Crippen molar-refractivity contribution in [1.82, 2.24) is 10.7 Å². The summed E-state index contributed by atoms with van der Waals surface area (Å²) in [7, 11) is 0. The Labute approximate surface area is 176 Å². The van der Waals surface area contributed by atoms with Crippen molar-refractivity contribution in [3.8, 4) is 11.5 Å². The van der Waals surface area contributed by atoms with E-state index in [1.807, 2.05) is 20.8 Å². The first kappa shape index (κ1) is 23.1. The van der Waals surface area contributed by atoms with Crippen molar-refractivity contribution in [2.45, 2.75) is 32.5 Å². The maximum absolute atomic E-state index is 12.8. The van der Waals surface area contributed by atoms with Crippen LogP contribution >= 0.6 is 12.2 Å². The van der Waals surface area contributed by atoms with Gasteiger partial charge in [-0.15, -0.1) is 0 Å². The maximum atomic E-state index is 12.8. The van der Waals surface area contributed by atoms with E-state index in [1.165, 1.54) is 18.3 Å². The monoisotopic (exact) mass is 440 g/mol. The highest BCUT2D eigenvalue weighted by Crippen LogP contribution is 2.37.